The largest absolute Gasteiger partial charge is 0.448 e. The van der Waals surface area contributed by atoms with Gasteiger partial charge in [0.05, 0.1) is 6.61 Å². The normalized spacial score (nSPS) is 12.3. The molecule has 1 heterocycles. The highest BCUT2D eigenvalue weighted by Gasteiger charge is 2.24. The van der Waals surface area contributed by atoms with Crippen molar-refractivity contribution in [2.75, 3.05) is 20.3 Å². The van der Waals surface area contributed by atoms with Crippen LogP contribution in [-0.4, -0.2) is 38.2 Å². The molecule has 26 heavy (non-hydrogen) atoms. The van der Waals surface area contributed by atoms with Gasteiger partial charge >= 0.3 is 5.97 Å². The predicted molar refractivity (Wildman–Crippen MR) is 98.2 cm³/mol. The van der Waals surface area contributed by atoms with Crippen LogP contribution in [0, 0.1) is 6.92 Å². The van der Waals surface area contributed by atoms with Crippen molar-refractivity contribution in [3.05, 3.63) is 47.7 Å². The molecule has 1 N–H and O–H groups in total. The zero-order chi connectivity index (χ0) is 18.7. The molecule has 0 aliphatic rings. The van der Waals surface area contributed by atoms with E-state index < -0.39 is 12.1 Å². The molecule has 6 nitrogen and oxygen atoms in total. The van der Waals surface area contributed by atoms with Crippen molar-refractivity contribution in [2.45, 2.75) is 20.0 Å². The number of esters is 1. The van der Waals surface area contributed by atoms with Crippen molar-refractivity contribution in [3.63, 3.8) is 0 Å². The zero-order valence-electron chi connectivity index (χ0n) is 15.0. The zero-order valence-corrected chi connectivity index (χ0v) is 15.0. The van der Waals surface area contributed by atoms with Crippen molar-refractivity contribution in [1.29, 1.82) is 0 Å². The van der Waals surface area contributed by atoms with Gasteiger partial charge in [0, 0.05) is 30.0 Å². The highest BCUT2D eigenvalue weighted by molar-refractivity contribution is 6.08. The first-order valence-corrected chi connectivity index (χ1v) is 8.41. The van der Waals surface area contributed by atoms with Crippen LogP contribution in [0.15, 0.2) is 40.8 Å². The van der Waals surface area contributed by atoms with Crippen molar-refractivity contribution in [1.82, 2.24) is 5.32 Å². The van der Waals surface area contributed by atoms with E-state index in [2.05, 4.69) is 5.32 Å². The monoisotopic (exact) mass is 355 g/mol. The Balaban J connectivity index is 1.83. The Labute approximate surface area is 151 Å². The average Bonchev–Trinajstić information content (AvgIpc) is 2.99. The van der Waals surface area contributed by atoms with Gasteiger partial charge in [0.15, 0.2) is 6.10 Å². The van der Waals surface area contributed by atoms with Gasteiger partial charge in [-0.15, -0.1) is 0 Å². The summed E-state index contributed by atoms with van der Waals surface area (Å²) >= 11 is 0. The number of hydrogen-bond acceptors (Lipinski definition) is 5. The maximum absolute atomic E-state index is 12.5. The van der Waals surface area contributed by atoms with E-state index in [0.29, 0.717) is 24.3 Å². The molecule has 0 fully saturated rings. The first kappa shape index (κ1) is 17.9. The molecular formula is C20H21NO5. The van der Waals surface area contributed by atoms with E-state index in [0.717, 1.165) is 16.2 Å². The Morgan fingerprint density at radius 2 is 1.92 bits per heavy atom. The Morgan fingerprint density at radius 3 is 2.69 bits per heavy atom. The third-order valence-corrected chi connectivity index (χ3v) is 4.27. The molecule has 0 aliphatic heterocycles. The van der Waals surface area contributed by atoms with Gasteiger partial charge in [-0.2, -0.15) is 0 Å². The molecule has 136 valence electrons. The second kappa shape index (κ2) is 7.58. The molecule has 6 heteroatoms. The van der Waals surface area contributed by atoms with Crippen LogP contribution in [0.1, 0.15) is 23.0 Å². The SMILES string of the molecule is COCCNC(=O)[C@@H](C)OC(=O)c1oc2c(ccc3ccccc32)c1C. The Morgan fingerprint density at radius 1 is 1.15 bits per heavy atom. The number of furan rings is 1. The summed E-state index contributed by atoms with van der Waals surface area (Å²) in [4.78, 5) is 24.4. The van der Waals surface area contributed by atoms with Gasteiger partial charge in [0.1, 0.15) is 5.58 Å². The molecule has 0 bridgehead atoms. The van der Waals surface area contributed by atoms with Crippen LogP contribution in [0.25, 0.3) is 21.7 Å². The number of benzene rings is 2. The van der Waals surface area contributed by atoms with Gasteiger partial charge in [-0.3, -0.25) is 4.79 Å². The fraction of sp³-hybridized carbons (Fsp3) is 0.300. The van der Waals surface area contributed by atoms with E-state index >= 15 is 0 Å². The second-order valence-electron chi connectivity index (χ2n) is 6.05. The van der Waals surface area contributed by atoms with E-state index in [1.165, 1.54) is 6.92 Å². The standard InChI is InChI=1S/C20H21NO5/c1-12-15-9-8-14-6-4-5-7-16(14)18(15)26-17(12)20(23)25-13(2)19(22)21-10-11-24-3/h4-9,13H,10-11H2,1-3H3,(H,21,22)/t13-/m1/s1. The number of ether oxygens (including phenoxy) is 2. The first-order valence-electron chi connectivity index (χ1n) is 8.41. The molecule has 0 unspecified atom stereocenters. The number of aryl methyl sites for hydroxylation is 1. The number of amides is 1. The lowest BCUT2D eigenvalue weighted by atomic mass is 10.1. The van der Waals surface area contributed by atoms with Crippen LogP contribution in [0.5, 0.6) is 0 Å². The maximum Gasteiger partial charge on any atom is 0.375 e. The summed E-state index contributed by atoms with van der Waals surface area (Å²) in [7, 11) is 1.55. The Kier molecular flexibility index (Phi) is 5.23. The fourth-order valence-electron chi connectivity index (χ4n) is 2.83. The fourth-order valence-corrected chi connectivity index (χ4v) is 2.83. The van der Waals surface area contributed by atoms with E-state index in [-0.39, 0.29) is 11.7 Å². The summed E-state index contributed by atoms with van der Waals surface area (Å²) in [5, 5.41) is 5.44. The third kappa shape index (κ3) is 3.41. The maximum atomic E-state index is 12.5. The Bertz CT molecular complexity index is 959. The molecule has 0 saturated carbocycles. The van der Waals surface area contributed by atoms with E-state index in [1.807, 2.05) is 36.4 Å². The van der Waals surface area contributed by atoms with E-state index in [4.69, 9.17) is 13.9 Å². The minimum atomic E-state index is -0.927. The highest BCUT2D eigenvalue weighted by Crippen LogP contribution is 2.32. The van der Waals surface area contributed by atoms with Gasteiger partial charge in [0.25, 0.3) is 5.91 Å². The molecule has 0 saturated heterocycles. The summed E-state index contributed by atoms with van der Waals surface area (Å²) in [6.07, 6.45) is -0.927. The molecule has 1 amide bonds. The number of methoxy groups -OCH3 is 1. The number of nitrogens with one attached hydrogen (secondary N) is 1. The number of carbonyl (C=O) groups excluding carboxylic acids is 2. The van der Waals surface area contributed by atoms with Crippen LogP contribution in [0.3, 0.4) is 0 Å². The Hall–Kier alpha value is -2.86. The predicted octanol–water partition coefficient (Wildman–Crippen LogP) is 3.20. The quantitative estimate of drug-likeness (QED) is 0.543. The van der Waals surface area contributed by atoms with Crippen molar-refractivity contribution < 1.29 is 23.5 Å². The lowest BCUT2D eigenvalue weighted by molar-refractivity contribution is -0.129. The smallest absolute Gasteiger partial charge is 0.375 e. The number of hydrogen-bond donors (Lipinski definition) is 1. The molecule has 1 atom stereocenters. The van der Waals surface area contributed by atoms with Crippen LogP contribution < -0.4 is 5.32 Å². The number of fused-ring (bicyclic) bond motifs is 3. The van der Waals surface area contributed by atoms with E-state index in [1.54, 1.807) is 14.0 Å². The summed E-state index contributed by atoms with van der Waals surface area (Å²) in [6.45, 7) is 4.07. The van der Waals surface area contributed by atoms with Gasteiger partial charge in [0.2, 0.25) is 5.76 Å². The summed E-state index contributed by atoms with van der Waals surface area (Å²) in [5.74, 6) is -0.917. The lowest BCUT2D eigenvalue weighted by Gasteiger charge is -2.12. The van der Waals surface area contributed by atoms with Crippen LogP contribution in [-0.2, 0) is 14.3 Å². The molecule has 2 aromatic carbocycles. The first-order chi connectivity index (χ1) is 12.5. The van der Waals surface area contributed by atoms with Crippen LogP contribution in [0.2, 0.25) is 0 Å². The summed E-state index contributed by atoms with van der Waals surface area (Å²) in [5.41, 5.74) is 1.34. The lowest BCUT2D eigenvalue weighted by Crippen LogP contribution is -2.37. The van der Waals surface area contributed by atoms with Crippen molar-refractivity contribution in [2.24, 2.45) is 0 Å². The summed E-state index contributed by atoms with van der Waals surface area (Å²) < 4.78 is 16.0. The molecular weight excluding hydrogens is 334 g/mol. The van der Waals surface area contributed by atoms with Gasteiger partial charge in [-0.1, -0.05) is 36.4 Å². The summed E-state index contributed by atoms with van der Waals surface area (Å²) in [6, 6.07) is 11.7. The minimum absolute atomic E-state index is 0.118. The average molecular weight is 355 g/mol. The number of carbonyl (C=O) groups is 2. The van der Waals surface area contributed by atoms with Crippen molar-refractivity contribution >= 4 is 33.6 Å². The molecule has 1 aromatic heterocycles. The van der Waals surface area contributed by atoms with Crippen LogP contribution >= 0.6 is 0 Å². The van der Waals surface area contributed by atoms with Gasteiger partial charge < -0.3 is 19.2 Å². The van der Waals surface area contributed by atoms with E-state index in [9.17, 15) is 9.59 Å². The second-order valence-corrected chi connectivity index (χ2v) is 6.05. The molecule has 3 rings (SSSR count). The number of rotatable bonds is 6. The van der Waals surface area contributed by atoms with Gasteiger partial charge in [-0.25, -0.2) is 4.79 Å². The van der Waals surface area contributed by atoms with Gasteiger partial charge in [-0.05, 0) is 19.2 Å². The molecule has 0 aliphatic carbocycles. The van der Waals surface area contributed by atoms with Crippen LogP contribution in [0.4, 0.5) is 0 Å². The topological polar surface area (TPSA) is 77.8 Å². The highest BCUT2D eigenvalue weighted by atomic mass is 16.6. The molecule has 0 spiro atoms. The molecule has 0 radical (unpaired) electrons. The third-order valence-electron chi connectivity index (χ3n) is 4.27. The molecule has 3 aromatic rings. The van der Waals surface area contributed by atoms with Crippen molar-refractivity contribution in [3.8, 4) is 0 Å². The minimum Gasteiger partial charge on any atom is -0.448 e.